The second kappa shape index (κ2) is 2.55. The third-order valence-corrected chi connectivity index (χ3v) is 1.71. The number of rotatable bonds is 2. The van der Waals surface area contributed by atoms with E-state index in [2.05, 4.69) is 0 Å². The molecule has 45 valence electrons. The first kappa shape index (κ1) is 6.16. The van der Waals surface area contributed by atoms with E-state index < -0.39 is 5.78 Å². The molecule has 0 N–H and O–H groups in total. The van der Waals surface area contributed by atoms with Crippen molar-refractivity contribution in [3.63, 3.8) is 0 Å². The Morgan fingerprint density at radius 2 is 2.44 bits per heavy atom. The van der Waals surface area contributed by atoms with E-state index in [1.54, 1.807) is 17.5 Å². The van der Waals surface area contributed by atoms with Crippen LogP contribution in [0.4, 0.5) is 0 Å². The lowest BCUT2D eigenvalue weighted by Gasteiger charge is -1.77. The maximum atomic E-state index is 10.5. The highest BCUT2D eigenvalue weighted by Crippen LogP contribution is 2.07. The molecule has 2 nitrogen and oxygen atoms in total. The lowest BCUT2D eigenvalue weighted by molar-refractivity contribution is 0.106. The molecule has 0 bridgehead atoms. The zero-order valence-electron chi connectivity index (χ0n) is 4.46. The van der Waals surface area contributed by atoms with Gasteiger partial charge in [-0.3, -0.25) is 9.59 Å². The van der Waals surface area contributed by atoms with Gasteiger partial charge >= 0.3 is 0 Å². The SMILES string of the molecule is O=[C]C(=O)c1cccs1. The molecule has 0 aliphatic rings. The highest BCUT2D eigenvalue weighted by Gasteiger charge is 2.03. The van der Waals surface area contributed by atoms with Crippen molar-refractivity contribution in [2.75, 3.05) is 0 Å². The summed E-state index contributed by atoms with van der Waals surface area (Å²) in [6.07, 6.45) is 1.29. The fraction of sp³-hybridized carbons (Fsp3) is 0. The molecule has 0 aliphatic carbocycles. The molecule has 1 rings (SSSR count). The van der Waals surface area contributed by atoms with Crippen LogP contribution < -0.4 is 0 Å². The van der Waals surface area contributed by atoms with E-state index in [0.29, 0.717) is 4.88 Å². The molecule has 0 aliphatic heterocycles. The fourth-order valence-corrected chi connectivity index (χ4v) is 1.07. The van der Waals surface area contributed by atoms with Gasteiger partial charge in [0.15, 0.2) is 0 Å². The maximum absolute atomic E-state index is 10.5. The Hall–Kier alpha value is -0.960. The standard InChI is InChI=1S/C6H3O2S/c7-4-5(8)6-2-1-3-9-6/h1-3H. The average molecular weight is 139 g/mol. The Morgan fingerprint density at radius 1 is 1.67 bits per heavy atom. The van der Waals surface area contributed by atoms with Crippen molar-refractivity contribution in [3.05, 3.63) is 22.4 Å². The van der Waals surface area contributed by atoms with Crippen LogP contribution in [0, 0.1) is 0 Å². The smallest absolute Gasteiger partial charge is 0.278 e. The van der Waals surface area contributed by atoms with Gasteiger partial charge in [0, 0.05) is 0 Å². The first-order valence-electron chi connectivity index (χ1n) is 2.30. The van der Waals surface area contributed by atoms with Crippen molar-refractivity contribution < 1.29 is 9.59 Å². The predicted octanol–water partition coefficient (Wildman–Crippen LogP) is 1.04. The summed E-state index contributed by atoms with van der Waals surface area (Å²) in [5.41, 5.74) is 0. The van der Waals surface area contributed by atoms with Crippen molar-refractivity contribution in [1.82, 2.24) is 0 Å². The van der Waals surface area contributed by atoms with Gasteiger partial charge in [-0.15, -0.1) is 11.3 Å². The van der Waals surface area contributed by atoms with Crippen LogP contribution in [0.3, 0.4) is 0 Å². The van der Waals surface area contributed by atoms with Gasteiger partial charge in [-0.2, -0.15) is 0 Å². The number of hydrogen-bond acceptors (Lipinski definition) is 3. The Balaban J connectivity index is 2.89. The highest BCUT2D eigenvalue weighted by molar-refractivity contribution is 7.12. The molecule has 0 amide bonds. The van der Waals surface area contributed by atoms with Crippen molar-refractivity contribution in [1.29, 1.82) is 0 Å². The zero-order chi connectivity index (χ0) is 6.69. The Labute approximate surface area is 56.1 Å². The van der Waals surface area contributed by atoms with Gasteiger partial charge in [0.25, 0.3) is 6.29 Å². The number of hydrogen-bond donors (Lipinski definition) is 0. The minimum absolute atomic E-state index is 0.449. The zero-order valence-corrected chi connectivity index (χ0v) is 5.27. The Kier molecular flexibility index (Phi) is 1.75. The van der Waals surface area contributed by atoms with Crippen LogP contribution in [-0.2, 0) is 4.79 Å². The highest BCUT2D eigenvalue weighted by atomic mass is 32.1. The summed E-state index contributed by atoms with van der Waals surface area (Å²) in [4.78, 5) is 20.6. The van der Waals surface area contributed by atoms with Gasteiger partial charge in [-0.25, -0.2) is 0 Å². The number of carbonyl (C=O) groups is 1. The summed E-state index contributed by atoms with van der Waals surface area (Å²) < 4.78 is 0. The van der Waals surface area contributed by atoms with Crippen LogP contribution in [-0.4, -0.2) is 12.1 Å². The van der Waals surface area contributed by atoms with Gasteiger partial charge in [0.2, 0.25) is 5.78 Å². The number of thiophene rings is 1. The Morgan fingerprint density at radius 3 is 2.89 bits per heavy atom. The van der Waals surface area contributed by atoms with Crippen LogP contribution in [0.5, 0.6) is 0 Å². The Bertz CT molecular complexity index is 213. The van der Waals surface area contributed by atoms with E-state index in [-0.39, 0.29) is 0 Å². The molecule has 1 heterocycles. The van der Waals surface area contributed by atoms with Gasteiger partial charge in [-0.05, 0) is 11.4 Å². The van der Waals surface area contributed by atoms with Gasteiger partial charge in [-0.1, -0.05) is 6.07 Å². The molecule has 0 unspecified atom stereocenters. The van der Waals surface area contributed by atoms with E-state index in [4.69, 9.17) is 0 Å². The van der Waals surface area contributed by atoms with Crippen molar-refractivity contribution in [3.8, 4) is 0 Å². The minimum Gasteiger partial charge on any atom is -0.284 e. The molecular formula is C6H3O2S. The van der Waals surface area contributed by atoms with Crippen LogP contribution in [0.15, 0.2) is 17.5 Å². The molecule has 0 saturated carbocycles. The molecule has 0 saturated heterocycles. The molecule has 0 atom stereocenters. The summed E-state index contributed by atoms with van der Waals surface area (Å²) in [5.74, 6) is -0.565. The van der Waals surface area contributed by atoms with Crippen LogP contribution in [0.2, 0.25) is 0 Å². The van der Waals surface area contributed by atoms with Gasteiger partial charge < -0.3 is 0 Å². The predicted molar refractivity (Wildman–Crippen MR) is 34.3 cm³/mol. The van der Waals surface area contributed by atoms with Crippen LogP contribution >= 0.6 is 11.3 Å². The van der Waals surface area contributed by atoms with E-state index in [0.717, 1.165) is 0 Å². The molecular weight excluding hydrogens is 136 g/mol. The summed E-state index contributed by atoms with van der Waals surface area (Å²) in [6, 6.07) is 3.31. The monoisotopic (exact) mass is 139 g/mol. The van der Waals surface area contributed by atoms with Crippen molar-refractivity contribution in [2.45, 2.75) is 0 Å². The first-order chi connectivity index (χ1) is 4.34. The van der Waals surface area contributed by atoms with Crippen LogP contribution in [0.1, 0.15) is 9.67 Å². The fourth-order valence-electron chi connectivity index (χ4n) is 0.458. The summed E-state index contributed by atoms with van der Waals surface area (Å²) in [5, 5.41) is 1.74. The summed E-state index contributed by atoms with van der Waals surface area (Å²) >= 11 is 1.24. The number of ketones is 1. The second-order valence-corrected chi connectivity index (χ2v) is 2.36. The molecule has 1 radical (unpaired) electrons. The van der Waals surface area contributed by atoms with E-state index >= 15 is 0 Å². The average Bonchev–Trinajstić information content (AvgIpc) is 2.37. The molecule has 1 aromatic rings. The molecule has 9 heavy (non-hydrogen) atoms. The van der Waals surface area contributed by atoms with Gasteiger partial charge in [0.05, 0.1) is 4.88 Å². The first-order valence-corrected chi connectivity index (χ1v) is 3.18. The van der Waals surface area contributed by atoms with Crippen LogP contribution in [0.25, 0.3) is 0 Å². The summed E-state index contributed by atoms with van der Waals surface area (Å²) in [6.45, 7) is 0. The van der Waals surface area contributed by atoms with E-state index in [1.807, 2.05) is 0 Å². The summed E-state index contributed by atoms with van der Waals surface area (Å²) in [7, 11) is 0. The number of Topliss-reactive ketones (excluding diaryl/α,β-unsaturated/α-hetero) is 1. The lowest BCUT2D eigenvalue weighted by atomic mass is 10.3. The van der Waals surface area contributed by atoms with E-state index in [1.165, 1.54) is 17.6 Å². The maximum Gasteiger partial charge on any atom is 0.278 e. The quantitative estimate of drug-likeness (QED) is 0.453. The molecule has 1 aromatic heterocycles. The molecule has 0 fully saturated rings. The van der Waals surface area contributed by atoms with Crippen molar-refractivity contribution >= 4 is 23.4 Å². The van der Waals surface area contributed by atoms with Crippen molar-refractivity contribution in [2.24, 2.45) is 0 Å². The topological polar surface area (TPSA) is 34.1 Å². The van der Waals surface area contributed by atoms with E-state index in [9.17, 15) is 9.59 Å². The molecule has 3 heteroatoms. The third-order valence-electron chi connectivity index (χ3n) is 0.838. The third kappa shape index (κ3) is 1.23. The molecule has 0 aromatic carbocycles. The normalized spacial score (nSPS) is 8.89. The second-order valence-electron chi connectivity index (χ2n) is 1.41. The lowest BCUT2D eigenvalue weighted by Crippen LogP contribution is -1.94. The van der Waals surface area contributed by atoms with Gasteiger partial charge in [0.1, 0.15) is 0 Å². The number of carbonyl (C=O) groups excluding carboxylic acids is 2. The largest absolute Gasteiger partial charge is 0.284 e. The molecule has 0 spiro atoms. The minimum atomic E-state index is -0.565.